The van der Waals surface area contributed by atoms with Gasteiger partial charge in [-0.2, -0.15) is 5.10 Å². The fourth-order valence-electron chi connectivity index (χ4n) is 3.94. The fraction of sp³-hybridized carbons (Fsp3) is 0.240. The summed E-state index contributed by atoms with van der Waals surface area (Å²) >= 11 is 0. The molecule has 0 aliphatic carbocycles. The third-order valence-electron chi connectivity index (χ3n) is 5.64. The molecule has 0 fully saturated rings. The van der Waals surface area contributed by atoms with Crippen LogP contribution in [-0.2, 0) is 0 Å². The summed E-state index contributed by atoms with van der Waals surface area (Å²) in [6.07, 6.45) is 1.64. The second-order valence-corrected chi connectivity index (χ2v) is 8.15. The van der Waals surface area contributed by atoms with Crippen LogP contribution in [0.5, 0.6) is 11.5 Å². The van der Waals surface area contributed by atoms with Gasteiger partial charge in [-0.15, -0.1) is 0 Å². The number of benzene rings is 2. The van der Waals surface area contributed by atoms with E-state index < -0.39 is 5.82 Å². The Labute approximate surface area is 190 Å². The number of aromatic nitrogens is 3. The number of hydrogen-bond acceptors (Lipinski definition) is 5. The van der Waals surface area contributed by atoms with E-state index in [1.54, 1.807) is 42.2 Å². The second kappa shape index (κ2) is 8.20. The molecule has 168 valence electrons. The normalized spacial score (nSPS) is 12.9. The molecule has 0 atom stereocenters. The first-order valence-corrected chi connectivity index (χ1v) is 10.7. The van der Waals surface area contributed by atoms with E-state index in [1.165, 1.54) is 11.0 Å². The maximum atomic E-state index is 14.4. The summed E-state index contributed by atoms with van der Waals surface area (Å²) in [6.45, 7) is 4.97. The van der Waals surface area contributed by atoms with Crippen LogP contribution in [0, 0.1) is 5.82 Å². The Balaban J connectivity index is 1.67. The van der Waals surface area contributed by atoms with E-state index >= 15 is 0 Å². The van der Waals surface area contributed by atoms with Crippen LogP contribution < -0.4 is 14.4 Å². The lowest BCUT2D eigenvalue weighted by Gasteiger charge is -2.20. The van der Waals surface area contributed by atoms with Gasteiger partial charge in [0.1, 0.15) is 19.0 Å². The minimum absolute atomic E-state index is 0.0396. The van der Waals surface area contributed by atoms with Crippen LogP contribution >= 0.6 is 0 Å². The quantitative estimate of drug-likeness (QED) is 0.448. The number of fused-ring (bicyclic) bond motifs is 2. The molecule has 0 saturated carbocycles. The van der Waals surface area contributed by atoms with Crippen molar-refractivity contribution in [3.05, 3.63) is 66.1 Å². The topological polar surface area (TPSA) is 69.5 Å². The highest BCUT2D eigenvalue weighted by molar-refractivity contribution is 6.13. The largest absolute Gasteiger partial charge is 0.486 e. The fourth-order valence-corrected chi connectivity index (χ4v) is 3.94. The number of halogens is 1. The van der Waals surface area contributed by atoms with Crippen molar-refractivity contribution in [2.45, 2.75) is 19.9 Å². The first-order valence-electron chi connectivity index (χ1n) is 10.7. The van der Waals surface area contributed by atoms with Crippen LogP contribution in [-0.4, -0.2) is 40.9 Å². The Kier molecular flexibility index (Phi) is 5.20. The zero-order valence-electron chi connectivity index (χ0n) is 18.6. The van der Waals surface area contributed by atoms with Gasteiger partial charge in [0.15, 0.2) is 17.1 Å². The van der Waals surface area contributed by atoms with Crippen molar-refractivity contribution in [2.24, 2.45) is 0 Å². The first-order chi connectivity index (χ1) is 15.9. The summed E-state index contributed by atoms with van der Waals surface area (Å²) in [5.41, 5.74) is 2.54. The highest BCUT2D eigenvalue weighted by Gasteiger charge is 2.23. The van der Waals surface area contributed by atoms with Crippen LogP contribution in [0.1, 0.15) is 30.2 Å². The van der Waals surface area contributed by atoms with Gasteiger partial charge in [-0.3, -0.25) is 4.79 Å². The third-order valence-corrected chi connectivity index (χ3v) is 5.64. The molecular weight excluding hydrogens is 423 g/mol. The number of rotatable bonds is 4. The third kappa shape index (κ3) is 3.67. The molecule has 0 spiro atoms. The van der Waals surface area contributed by atoms with Gasteiger partial charge in [0.2, 0.25) is 0 Å². The van der Waals surface area contributed by atoms with E-state index in [1.807, 2.05) is 32.0 Å². The standard InChI is InChI=1S/C25H23FN4O3/c1-15(2)30-24-18(14-27-30)17(25(31)29(3)21-7-5-4-6-19(21)26)13-20(28-24)16-8-9-22-23(12-16)33-11-10-32-22/h4-9,12-15H,10-11H2,1-3H3. The molecule has 8 heteroatoms. The molecule has 5 rings (SSSR count). The molecule has 2 aromatic carbocycles. The van der Waals surface area contributed by atoms with Crippen LogP contribution in [0.25, 0.3) is 22.3 Å². The van der Waals surface area contributed by atoms with E-state index in [0.29, 0.717) is 47.0 Å². The summed E-state index contributed by atoms with van der Waals surface area (Å²) < 4.78 is 27.5. The SMILES string of the molecule is CC(C)n1ncc2c(C(=O)N(C)c3ccccc3F)cc(-c3ccc4c(c3)OCCO4)nc21. The molecule has 7 nitrogen and oxygen atoms in total. The molecule has 0 radical (unpaired) electrons. The molecule has 0 unspecified atom stereocenters. The van der Waals surface area contributed by atoms with Gasteiger partial charge in [0.05, 0.1) is 28.5 Å². The minimum Gasteiger partial charge on any atom is -0.486 e. The smallest absolute Gasteiger partial charge is 0.258 e. The predicted octanol–water partition coefficient (Wildman–Crippen LogP) is 4.87. The maximum absolute atomic E-state index is 14.4. The van der Waals surface area contributed by atoms with Gasteiger partial charge in [0.25, 0.3) is 5.91 Å². The van der Waals surface area contributed by atoms with Crippen molar-refractivity contribution in [1.82, 2.24) is 14.8 Å². The number of pyridine rings is 1. The lowest BCUT2D eigenvalue weighted by atomic mass is 10.0. The predicted molar refractivity (Wildman–Crippen MR) is 123 cm³/mol. The summed E-state index contributed by atoms with van der Waals surface area (Å²) in [6, 6.07) is 13.5. The lowest BCUT2D eigenvalue weighted by Crippen LogP contribution is -2.27. The van der Waals surface area contributed by atoms with E-state index in [4.69, 9.17) is 14.5 Å². The zero-order chi connectivity index (χ0) is 23.1. The average Bonchev–Trinajstić information content (AvgIpc) is 3.27. The molecule has 0 saturated heterocycles. The summed E-state index contributed by atoms with van der Waals surface area (Å²) in [5.74, 6) is 0.487. The monoisotopic (exact) mass is 446 g/mol. The summed E-state index contributed by atoms with van der Waals surface area (Å²) in [7, 11) is 1.56. The Morgan fingerprint density at radius 3 is 2.61 bits per heavy atom. The first kappa shape index (κ1) is 20.9. The van der Waals surface area contributed by atoms with Crippen molar-refractivity contribution in [3.63, 3.8) is 0 Å². The molecule has 4 aromatic rings. The maximum Gasteiger partial charge on any atom is 0.258 e. The lowest BCUT2D eigenvalue weighted by molar-refractivity contribution is 0.0993. The Bertz CT molecular complexity index is 1370. The van der Waals surface area contributed by atoms with Crippen molar-refractivity contribution in [2.75, 3.05) is 25.2 Å². The number of ether oxygens (including phenoxy) is 2. The van der Waals surface area contributed by atoms with Gasteiger partial charge in [-0.1, -0.05) is 12.1 Å². The highest BCUT2D eigenvalue weighted by atomic mass is 19.1. The molecule has 33 heavy (non-hydrogen) atoms. The van der Waals surface area contributed by atoms with Gasteiger partial charge >= 0.3 is 0 Å². The van der Waals surface area contributed by atoms with Crippen LogP contribution in [0.4, 0.5) is 10.1 Å². The molecule has 1 amide bonds. The van der Waals surface area contributed by atoms with Crippen LogP contribution in [0.15, 0.2) is 54.7 Å². The highest BCUT2D eigenvalue weighted by Crippen LogP contribution is 2.35. The Morgan fingerprint density at radius 2 is 1.85 bits per heavy atom. The number of hydrogen-bond donors (Lipinski definition) is 0. The van der Waals surface area contributed by atoms with E-state index in [9.17, 15) is 9.18 Å². The molecule has 0 N–H and O–H groups in total. The van der Waals surface area contributed by atoms with Crippen LogP contribution in [0.2, 0.25) is 0 Å². The van der Waals surface area contributed by atoms with E-state index in [-0.39, 0.29) is 17.6 Å². The van der Waals surface area contributed by atoms with Crippen molar-refractivity contribution >= 4 is 22.6 Å². The van der Waals surface area contributed by atoms with Crippen LogP contribution in [0.3, 0.4) is 0 Å². The molecule has 0 bridgehead atoms. The molecular formula is C25H23FN4O3. The number of anilines is 1. The van der Waals surface area contributed by atoms with Gasteiger partial charge in [0, 0.05) is 18.7 Å². The Morgan fingerprint density at radius 1 is 1.09 bits per heavy atom. The number of carbonyl (C=O) groups excluding carboxylic acids is 1. The zero-order valence-corrected chi connectivity index (χ0v) is 18.6. The molecule has 1 aliphatic rings. The van der Waals surface area contributed by atoms with Gasteiger partial charge in [-0.25, -0.2) is 14.1 Å². The number of carbonyl (C=O) groups is 1. The van der Waals surface area contributed by atoms with Crippen molar-refractivity contribution in [3.8, 4) is 22.8 Å². The minimum atomic E-state index is -0.469. The van der Waals surface area contributed by atoms with Gasteiger partial charge in [-0.05, 0) is 50.2 Å². The molecule has 2 aromatic heterocycles. The number of amides is 1. The Hall–Kier alpha value is -3.94. The number of nitrogens with zero attached hydrogens (tertiary/aromatic N) is 4. The average molecular weight is 446 g/mol. The van der Waals surface area contributed by atoms with Crippen molar-refractivity contribution < 1.29 is 18.7 Å². The van der Waals surface area contributed by atoms with Gasteiger partial charge < -0.3 is 14.4 Å². The van der Waals surface area contributed by atoms with E-state index in [0.717, 1.165) is 5.56 Å². The molecule has 3 heterocycles. The summed E-state index contributed by atoms with van der Waals surface area (Å²) in [5, 5.41) is 5.07. The summed E-state index contributed by atoms with van der Waals surface area (Å²) in [4.78, 5) is 19.7. The second-order valence-electron chi connectivity index (χ2n) is 8.15. The van der Waals surface area contributed by atoms with E-state index in [2.05, 4.69) is 5.10 Å². The molecule has 1 aliphatic heterocycles. The van der Waals surface area contributed by atoms with Crippen molar-refractivity contribution in [1.29, 1.82) is 0 Å². The number of para-hydroxylation sites is 1.